The molecule has 76 valence electrons. The number of rotatable bonds is 1. The number of hydrogen-bond acceptors (Lipinski definition) is 1. The minimum atomic E-state index is -1.16. The molecular formula is C11H12F2O. The van der Waals surface area contributed by atoms with Gasteiger partial charge >= 0.3 is 0 Å². The van der Waals surface area contributed by atoms with Gasteiger partial charge in [-0.2, -0.15) is 0 Å². The van der Waals surface area contributed by atoms with Gasteiger partial charge in [0.05, 0.1) is 5.60 Å². The van der Waals surface area contributed by atoms with Crippen LogP contribution < -0.4 is 0 Å². The summed E-state index contributed by atoms with van der Waals surface area (Å²) in [7, 11) is 0. The summed E-state index contributed by atoms with van der Waals surface area (Å²) < 4.78 is 26.3. The van der Waals surface area contributed by atoms with Gasteiger partial charge in [-0.1, -0.05) is 19.1 Å². The van der Waals surface area contributed by atoms with Crippen molar-refractivity contribution >= 4 is 0 Å². The minimum absolute atomic E-state index is 0.00111. The maximum atomic E-state index is 13.4. The first-order valence-corrected chi connectivity index (χ1v) is 4.72. The van der Waals surface area contributed by atoms with E-state index in [0.29, 0.717) is 6.42 Å². The Kier molecular flexibility index (Phi) is 2.07. The van der Waals surface area contributed by atoms with E-state index in [1.54, 1.807) is 0 Å². The van der Waals surface area contributed by atoms with Crippen molar-refractivity contribution in [1.29, 1.82) is 0 Å². The lowest BCUT2D eigenvalue weighted by atomic mass is 9.66. The van der Waals surface area contributed by atoms with Gasteiger partial charge in [0, 0.05) is 5.56 Å². The molecule has 2 atom stereocenters. The highest BCUT2D eigenvalue weighted by atomic mass is 19.2. The summed E-state index contributed by atoms with van der Waals surface area (Å²) in [5.74, 6) is -1.81. The lowest BCUT2D eigenvalue weighted by Crippen LogP contribution is -2.43. The predicted octanol–water partition coefficient (Wildman–Crippen LogP) is 2.58. The van der Waals surface area contributed by atoms with Crippen LogP contribution in [0.25, 0.3) is 0 Å². The maximum Gasteiger partial charge on any atom is 0.164 e. The van der Waals surface area contributed by atoms with Gasteiger partial charge in [0.2, 0.25) is 0 Å². The van der Waals surface area contributed by atoms with Crippen molar-refractivity contribution in [2.45, 2.75) is 25.4 Å². The first kappa shape index (κ1) is 9.59. The second-order valence-electron chi connectivity index (χ2n) is 3.97. The number of benzene rings is 1. The fourth-order valence-corrected chi connectivity index (χ4v) is 1.94. The van der Waals surface area contributed by atoms with Crippen LogP contribution in [-0.4, -0.2) is 5.11 Å². The summed E-state index contributed by atoms with van der Waals surface area (Å²) in [6.07, 6.45) is 1.36. The van der Waals surface area contributed by atoms with Crippen molar-refractivity contribution in [3.05, 3.63) is 35.4 Å². The van der Waals surface area contributed by atoms with E-state index in [4.69, 9.17) is 0 Å². The summed E-state index contributed by atoms with van der Waals surface area (Å²) >= 11 is 0. The van der Waals surface area contributed by atoms with E-state index in [0.717, 1.165) is 12.5 Å². The Morgan fingerprint density at radius 2 is 2.14 bits per heavy atom. The van der Waals surface area contributed by atoms with E-state index >= 15 is 0 Å². The zero-order valence-electron chi connectivity index (χ0n) is 7.93. The molecule has 1 aliphatic rings. The molecular weight excluding hydrogens is 186 g/mol. The molecule has 0 spiro atoms. The molecule has 0 heterocycles. The van der Waals surface area contributed by atoms with Crippen LogP contribution in [0.1, 0.15) is 25.3 Å². The fraction of sp³-hybridized carbons (Fsp3) is 0.455. The van der Waals surface area contributed by atoms with E-state index in [9.17, 15) is 13.9 Å². The van der Waals surface area contributed by atoms with Gasteiger partial charge in [0.25, 0.3) is 0 Å². The molecule has 2 unspecified atom stereocenters. The number of halogens is 2. The SMILES string of the molecule is CC1CCC1(O)c1cccc(F)c1F. The lowest BCUT2D eigenvalue weighted by molar-refractivity contribution is -0.0958. The molecule has 1 fully saturated rings. The van der Waals surface area contributed by atoms with E-state index in [1.165, 1.54) is 12.1 Å². The van der Waals surface area contributed by atoms with Crippen LogP contribution in [0.4, 0.5) is 8.78 Å². The van der Waals surface area contributed by atoms with E-state index in [1.807, 2.05) is 6.92 Å². The van der Waals surface area contributed by atoms with E-state index in [2.05, 4.69) is 0 Å². The molecule has 1 aliphatic carbocycles. The van der Waals surface area contributed by atoms with E-state index < -0.39 is 17.2 Å². The molecule has 1 N–H and O–H groups in total. The zero-order chi connectivity index (χ0) is 10.3. The van der Waals surface area contributed by atoms with Crippen molar-refractivity contribution in [2.75, 3.05) is 0 Å². The van der Waals surface area contributed by atoms with Crippen LogP contribution in [0.15, 0.2) is 18.2 Å². The molecule has 0 radical (unpaired) electrons. The van der Waals surface area contributed by atoms with Gasteiger partial charge in [-0.05, 0) is 24.8 Å². The molecule has 0 saturated heterocycles. The lowest BCUT2D eigenvalue weighted by Gasteiger charge is -2.44. The van der Waals surface area contributed by atoms with Crippen molar-refractivity contribution in [2.24, 2.45) is 5.92 Å². The van der Waals surface area contributed by atoms with Crippen molar-refractivity contribution < 1.29 is 13.9 Å². The highest BCUT2D eigenvalue weighted by molar-refractivity contribution is 5.28. The summed E-state index contributed by atoms with van der Waals surface area (Å²) in [5, 5.41) is 10.0. The van der Waals surface area contributed by atoms with Crippen molar-refractivity contribution in [1.82, 2.24) is 0 Å². The van der Waals surface area contributed by atoms with Gasteiger partial charge in [0.15, 0.2) is 11.6 Å². The fourth-order valence-electron chi connectivity index (χ4n) is 1.94. The normalized spacial score (nSPS) is 31.3. The van der Waals surface area contributed by atoms with Crippen LogP contribution in [0.2, 0.25) is 0 Å². The molecule has 0 amide bonds. The molecule has 1 aromatic carbocycles. The predicted molar refractivity (Wildman–Crippen MR) is 48.7 cm³/mol. The van der Waals surface area contributed by atoms with Gasteiger partial charge in [-0.25, -0.2) is 8.78 Å². The molecule has 0 bridgehead atoms. The Balaban J connectivity index is 2.46. The monoisotopic (exact) mass is 198 g/mol. The molecule has 1 aromatic rings. The molecule has 0 aromatic heterocycles. The van der Waals surface area contributed by atoms with Gasteiger partial charge < -0.3 is 5.11 Å². The topological polar surface area (TPSA) is 20.2 Å². The molecule has 3 heteroatoms. The Bertz CT molecular complexity index is 364. The van der Waals surface area contributed by atoms with Crippen LogP contribution >= 0.6 is 0 Å². The van der Waals surface area contributed by atoms with Gasteiger partial charge in [-0.3, -0.25) is 0 Å². The second-order valence-corrected chi connectivity index (χ2v) is 3.97. The summed E-state index contributed by atoms with van der Waals surface area (Å²) in [4.78, 5) is 0. The van der Waals surface area contributed by atoms with Crippen molar-refractivity contribution in [3.63, 3.8) is 0 Å². The number of hydrogen-bond donors (Lipinski definition) is 1. The Labute approximate surface area is 81.4 Å². The highest BCUT2D eigenvalue weighted by Crippen LogP contribution is 2.47. The van der Waals surface area contributed by atoms with Crippen LogP contribution in [0.3, 0.4) is 0 Å². The maximum absolute atomic E-state index is 13.4. The quantitative estimate of drug-likeness (QED) is 0.735. The highest BCUT2D eigenvalue weighted by Gasteiger charge is 2.45. The molecule has 2 rings (SSSR count). The molecule has 1 saturated carbocycles. The van der Waals surface area contributed by atoms with Crippen LogP contribution in [-0.2, 0) is 5.60 Å². The Morgan fingerprint density at radius 1 is 1.43 bits per heavy atom. The Morgan fingerprint density at radius 3 is 2.64 bits per heavy atom. The number of aliphatic hydroxyl groups is 1. The second kappa shape index (κ2) is 3.02. The third-order valence-electron chi connectivity index (χ3n) is 3.19. The van der Waals surface area contributed by atoms with E-state index in [-0.39, 0.29) is 11.5 Å². The van der Waals surface area contributed by atoms with Crippen LogP contribution in [0, 0.1) is 17.6 Å². The Hall–Kier alpha value is -0.960. The van der Waals surface area contributed by atoms with Gasteiger partial charge in [-0.15, -0.1) is 0 Å². The first-order chi connectivity index (χ1) is 6.55. The molecule has 1 nitrogen and oxygen atoms in total. The van der Waals surface area contributed by atoms with Crippen LogP contribution in [0.5, 0.6) is 0 Å². The zero-order valence-corrected chi connectivity index (χ0v) is 7.93. The average Bonchev–Trinajstić information content (AvgIpc) is 2.19. The summed E-state index contributed by atoms with van der Waals surface area (Å²) in [6, 6.07) is 3.94. The molecule has 0 aliphatic heterocycles. The average molecular weight is 198 g/mol. The van der Waals surface area contributed by atoms with Crippen molar-refractivity contribution in [3.8, 4) is 0 Å². The third kappa shape index (κ3) is 1.16. The third-order valence-corrected chi connectivity index (χ3v) is 3.19. The first-order valence-electron chi connectivity index (χ1n) is 4.72. The molecule has 14 heavy (non-hydrogen) atoms. The van der Waals surface area contributed by atoms with Gasteiger partial charge in [0.1, 0.15) is 0 Å². The summed E-state index contributed by atoms with van der Waals surface area (Å²) in [6.45, 7) is 1.84. The standard InChI is InChI=1S/C11H12F2O/c1-7-5-6-11(7,14)8-3-2-4-9(12)10(8)13/h2-4,7,14H,5-6H2,1H3. The smallest absolute Gasteiger partial charge is 0.164 e. The summed E-state index contributed by atoms with van der Waals surface area (Å²) in [5.41, 5.74) is -1.07. The minimum Gasteiger partial charge on any atom is -0.385 e. The largest absolute Gasteiger partial charge is 0.385 e.